The number of rotatable bonds is 7. The second-order valence-corrected chi connectivity index (χ2v) is 5.32. The van der Waals surface area contributed by atoms with Crippen LogP contribution in [0.5, 0.6) is 0 Å². The molecule has 0 aliphatic carbocycles. The van der Waals surface area contributed by atoms with Gasteiger partial charge in [-0.3, -0.25) is 4.98 Å². The maximum atomic E-state index is 6.16. The average Bonchev–Trinajstić information content (AvgIpc) is 2.45. The third kappa shape index (κ3) is 3.84. The monoisotopic (exact) mass is 273 g/mol. The van der Waals surface area contributed by atoms with E-state index in [0.717, 1.165) is 41.9 Å². The molecule has 1 aromatic heterocycles. The van der Waals surface area contributed by atoms with E-state index < -0.39 is 0 Å². The van der Waals surface area contributed by atoms with Crippen molar-refractivity contribution in [3.8, 4) is 0 Å². The Morgan fingerprint density at radius 1 is 1.25 bits per heavy atom. The highest BCUT2D eigenvalue weighted by Gasteiger charge is 2.04. The Labute approximate surface area is 120 Å². The molecule has 0 fully saturated rings. The maximum absolute atomic E-state index is 6.16. The Bertz CT molecular complexity index is 554. The maximum Gasteiger partial charge on any atom is 0.0724 e. The zero-order chi connectivity index (χ0) is 14.4. The molecule has 0 bridgehead atoms. The molecule has 20 heavy (non-hydrogen) atoms. The molecule has 0 radical (unpaired) electrons. The first-order valence-electron chi connectivity index (χ1n) is 7.13. The van der Waals surface area contributed by atoms with Gasteiger partial charge < -0.3 is 15.8 Å². The van der Waals surface area contributed by atoms with Crippen molar-refractivity contribution in [1.29, 1.82) is 0 Å². The van der Waals surface area contributed by atoms with Crippen molar-refractivity contribution >= 4 is 22.3 Å². The van der Waals surface area contributed by atoms with Gasteiger partial charge >= 0.3 is 0 Å². The van der Waals surface area contributed by atoms with Crippen LogP contribution in [0.25, 0.3) is 10.9 Å². The molecule has 2 aromatic rings. The molecule has 1 aromatic carbocycles. The summed E-state index contributed by atoms with van der Waals surface area (Å²) in [6.45, 7) is 6.67. The summed E-state index contributed by atoms with van der Waals surface area (Å²) in [4.78, 5) is 4.29. The molecule has 0 spiro atoms. The van der Waals surface area contributed by atoms with Crippen LogP contribution in [0.15, 0.2) is 30.5 Å². The SMILES string of the molecule is CC(C)CCOCCNc1ccc2ncccc2c1N. The number of nitrogen functional groups attached to an aromatic ring is 1. The highest BCUT2D eigenvalue weighted by molar-refractivity contribution is 5.96. The van der Waals surface area contributed by atoms with Gasteiger partial charge in [0.05, 0.1) is 23.5 Å². The zero-order valence-electron chi connectivity index (χ0n) is 12.2. The molecule has 3 N–H and O–H groups in total. The summed E-state index contributed by atoms with van der Waals surface area (Å²) in [6.07, 6.45) is 2.88. The number of pyridine rings is 1. The lowest BCUT2D eigenvalue weighted by Crippen LogP contribution is -2.12. The summed E-state index contributed by atoms with van der Waals surface area (Å²) in [5.74, 6) is 0.687. The lowest BCUT2D eigenvalue weighted by atomic mass is 10.1. The lowest BCUT2D eigenvalue weighted by Gasteiger charge is -2.12. The molecule has 0 aliphatic rings. The largest absolute Gasteiger partial charge is 0.397 e. The molecule has 4 heteroatoms. The summed E-state index contributed by atoms with van der Waals surface area (Å²) in [5.41, 5.74) is 8.77. The number of hydrogen-bond donors (Lipinski definition) is 2. The van der Waals surface area contributed by atoms with E-state index in [-0.39, 0.29) is 0 Å². The second kappa shape index (κ2) is 7.10. The van der Waals surface area contributed by atoms with E-state index >= 15 is 0 Å². The van der Waals surface area contributed by atoms with Crippen molar-refractivity contribution in [2.75, 3.05) is 30.8 Å². The molecule has 0 saturated carbocycles. The fourth-order valence-electron chi connectivity index (χ4n) is 2.01. The van der Waals surface area contributed by atoms with E-state index in [0.29, 0.717) is 12.5 Å². The van der Waals surface area contributed by atoms with Crippen molar-refractivity contribution in [2.45, 2.75) is 20.3 Å². The number of fused-ring (bicyclic) bond motifs is 1. The van der Waals surface area contributed by atoms with Crippen LogP contribution in [0, 0.1) is 5.92 Å². The van der Waals surface area contributed by atoms with E-state index in [2.05, 4.69) is 24.1 Å². The van der Waals surface area contributed by atoms with Crippen molar-refractivity contribution in [1.82, 2.24) is 4.98 Å². The number of nitrogens with one attached hydrogen (secondary N) is 1. The Kier molecular flexibility index (Phi) is 5.18. The van der Waals surface area contributed by atoms with Gasteiger partial charge in [-0.05, 0) is 36.6 Å². The highest BCUT2D eigenvalue weighted by atomic mass is 16.5. The van der Waals surface area contributed by atoms with Crippen LogP contribution in [-0.4, -0.2) is 24.7 Å². The van der Waals surface area contributed by atoms with Crippen LogP contribution >= 0.6 is 0 Å². The van der Waals surface area contributed by atoms with E-state index in [1.807, 2.05) is 24.3 Å². The summed E-state index contributed by atoms with van der Waals surface area (Å²) in [5, 5.41) is 4.30. The summed E-state index contributed by atoms with van der Waals surface area (Å²) < 4.78 is 5.58. The van der Waals surface area contributed by atoms with Crippen LogP contribution < -0.4 is 11.1 Å². The molecule has 0 saturated heterocycles. The van der Waals surface area contributed by atoms with E-state index in [1.165, 1.54) is 0 Å². The standard InChI is InChI=1S/C16H23N3O/c1-12(2)7-10-20-11-9-19-15-6-5-14-13(16(15)17)4-3-8-18-14/h3-6,8,12,19H,7,9-11,17H2,1-2H3. The minimum atomic E-state index is 0.687. The first-order valence-corrected chi connectivity index (χ1v) is 7.13. The molecule has 0 atom stereocenters. The number of aromatic nitrogens is 1. The van der Waals surface area contributed by atoms with Crippen molar-refractivity contribution < 1.29 is 4.74 Å². The molecule has 1 heterocycles. The van der Waals surface area contributed by atoms with Gasteiger partial charge in [0.25, 0.3) is 0 Å². The second-order valence-electron chi connectivity index (χ2n) is 5.32. The molecule has 0 amide bonds. The van der Waals surface area contributed by atoms with Gasteiger partial charge in [0.15, 0.2) is 0 Å². The Morgan fingerprint density at radius 3 is 2.90 bits per heavy atom. The number of anilines is 2. The third-order valence-electron chi connectivity index (χ3n) is 3.23. The minimum absolute atomic E-state index is 0.687. The van der Waals surface area contributed by atoms with Gasteiger partial charge in [0.1, 0.15) is 0 Å². The topological polar surface area (TPSA) is 60.2 Å². The van der Waals surface area contributed by atoms with E-state index in [9.17, 15) is 0 Å². The minimum Gasteiger partial charge on any atom is -0.397 e. The van der Waals surface area contributed by atoms with Gasteiger partial charge in [-0.2, -0.15) is 0 Å². The molecule has 2 rings (SSSR count). The first kappa shape index (κ1) is 14.6. The predicted molar refractivity (Wildman–Crippen MR) is 84.9 cm³/mol. The van der Waals surface area contributed by atoms with Crippen LogP contribution in [0.3, 0.4) is 0 Å². The van der Waals surface area contributed by atoms with Crippen LogP contribution in [0.2, 0.25) is 0 Å². The highest BCUT2D eigenvalue weighted by Crippen LogP contribution is 2.26. The van der Waals surface area contributed by atoms with Gasteiger partial charge in [-0.15, -0.1) is 0 Å². The Balaban J connectivity index is 1.86. The fraction of sp³-hybridized carbons (Fsp3) is 0.438. The normalized spacial score (nSPS) is 11.2. The average molecular weight is 273 g/mol. The van der Waals surface area contributed by atoms with Crippen molar-refractivity contribution in [2.24, 2.45) is 5.92 Å². The van der Waals surface area contributed by atoms with E-state index in [4.69, 9.17) is 10.5 Å². The number of ether oxygens (including phenoxy) is 1. The molecular weight excluding hydrogens is 250 g/mol. The zero-order valence-corrected chi connectivity index (χ0v) is 12.2. The number of benzene rings is 1. The summed E-state index contributed by atoms with van der Waals surface area (Å²) in [6, 6.07) is 7.84. The fourth-order valence-corrected chi connectivity index (χ4v) is 2.01. The molecule has 108 valence electrons. The van der Waals surface area contributed by atoms with E-state index in [1.54, 1.807) is 6.20 Å². The molecular formula is C16H23N3O. The van der Waals surface area contributed by atoms with Crippen LogP contribution in [0.4, 0.5) is 11.4 Å². The Hall–Kier alpha value is -1.81. The summed E-state index contributed by atoms with van der Waals surface area (Å²) >= 11 is 0. The number of nitrogens with zero attached hydrogens (tertiary/aromatic N) is 1. The molecule has 0 aliphatic heterocycles. The molecule has 0 unspecified atom stereocenters. The van der Waals surface area contributed by atoms with Gasteiger partial charge in [-0.1, -0.05) is 13.8 Å². The van der Waals surface area contributed by atoms with Crippen molar-refractivity contribution in [3.63, 3.8) is 0 Å². The van der Waals surface area contributed by atoms with Crippen LogP contribution in [-0.2, 0) is 4.74 Å². The Morgan fingerprint density at radius 2 is 2.10 bits per heavy atom. The smallest absolute Gasteiger partial charge is 0.0724 e. The van der Waals surface area contributed by atoms with Crippen molar-refractivity contribution in [3.05, 3.63) is 30.5 Å². The lowest BCUT2D eigenvalue weighted by molar-refractivity contribution is 0.133. The van der Waals surface area contributed by atoms with Gasteiger partial charge in [-0.25, -0.2) is 0 Å². The van der Waals surface area contributed by atoms with Crippen LogP contribution in [0.1, 0.15) is 20.3 Å². The number of nitrogens with two attached hydrogens (primary N) is 1. The van der Waals surface area contributed by atoms with Gasteiger partial charge in [0, 0.05) is 24.7 Å². The first-order chi connectivity index (χ1) is 9.68. The quantitative estimate of drug-likeness (QED) is 0.600. The predicted octanol–water partition coefficient (Wildman–Crippen LogP) is 3.29. The molecule has 4 nitrogen and oxygen atoms in total. The third-order valence-corrected chi connectivity index (χ3v) is 3.23. The summed E-state index contributed by atoms with van der Waals surface area (Å²) in [7, 11) is 0. The number of hydrogen-bond acceptors (Lipinski definition) is 4. The van der Waals surface area contributed by atoms with Gasteiger partial charge in [0.2, 0.25) is 0 Å².